The van der Waals surface area contributed by atoms with Crippen LogP contribution < -0.4 is 10.1 Å². The van der Waals surface area contributed by atoms with Crippen molar-refractivity contribution in [3.05, 3.63) is 41.5 Å². The third-order valence-electron chi connectivity index (χ3n) is 2.98. The van der Waals surface area contributed by atoms with Crippen LogP contribution in [-0.2, 0) is 13.1 Å². The highest BCUT2D eigenvalue weighted by molar-refractivity contribution is 5.90. The molecule has 1 heterocycles. The molecule has 0 unspecified atom stereocenters. The van der Waals surface area contributed by atoms with Gasteiger partial charge in [0.15, 0.2) is 0 Å². The lowest BCUT2D eigenvalue weighted by atomic mass is 9.96. The van der Waals surface area contributed by atoms with Crippen molar-refractivity contribution < 1.29 is 4.74 Å². The van der Waals surface area contributed by atoms with Crippen LogP contribution in [-0.4, -0.2) is 7.11 Å². The SMILES string of the molecule is COc1cc2c3c(cccc3c1)CNC2. The van der Waals surface area contributed by atoms with Crippen molar-refractivity contribution in [2.45, 2.75) is 13.1 Å². The zero-order valence-electron chi connectivity index (χ0n) is 8.71. The van der Waals surface area contributed by atoms with E-state index in [-0.39, 0.29) is 0 Å². The molecular weight excluding hydrogens is 186 g/mol. The Bertz CT molecular complexity index is 519. The summed E-state index contributed by atoms with van der Waals surface area (Å²) in [6.45, 7) is 1.90. The lowest BCUT2D eigenvalue weighted by Gasteiger charge is -2.19. The van der Waals surface area contributed by atoms with Gasteiger partial charge in [-0.25, -0.2) is 0 Å². The van der Waals surface area contributed by atoms with Crippen LogP contribution in [0.15, 0.2) is 30.3 Å². The molecule has 76 valence electrons. The monoisotopic (exact) mass is 199 g/mol. The number of benzene rings is 2. The van der Waals surface area contributed by atoms with Gasteiger partial charge in [-0.3, -0.25) is 0 Å². The maximum atomic E-state index is 5.30. The van der Waals surface area contributed by atoms with Crippen molar-refractivity contribution in [3.63, 3.8) is 0 Å². The summed E-state index contributed by atoms with van der Waals surface area (Å²) in [4.78, 5) is 0. The smallest absolute Gasteiger partial charge is 0.119 e. The Kier molecular flexibility index (Phi) is 1.89. The molecule has 0 atom stereocenters. The standard InChI is InChI=1S/C13H13NO/c1-15-12-5-9-3-2-4-10-7-14-8-11(6-12)13(9)10/h2-6,14H,7-8H2,1H3. The maximum absolute atomic E-state index is 5.30. The van der Waals surface area contributed by atoms with E-state index in [4.69, 9.17) is 4.74 Å². The normalized spacial score (nSPS) is 14.2. The van der Waals surface area contributed by atoms with Crippen molar-refractivity contribution in [2.24, 2.45) is 0 Å². The van der Waals surface area contributed by atoms with Gasteiger partial charge in [0.2, 0.25) is 0 Å². The summed E-state index contributed by atoms with van der Waals surface area (Å²) in [5.74, 6) is 0.943. The second kappa shape index (κ2) is 3.24. The van der Waals surface area contributed by atoms with Crippen molar-refractivity contribution in [2.75, 3.05) is 7.11 Å². The second-order valence-electron chi connectivity index (χ2n) is 3.91. The van der Waals surface area contributed by atoms with E-state index >= 15 is 0 Å². The molecule has 0 aliphatic carbocycles. The fourth-order valence-electron chi connectivity index (χ4n) is 2.31. The Balaban J connectivity index is 2.38. The number of nitrogens with one attached hydrogen (secondary N) is 1. The molecule has 1 aliphatic rings. The first-order chi connectivity index (χ1) is 7.38. The molecule has 3 rings (SSSR count). The van der Waals surface area contributed by atoms with Crippen LogP contribution in [0.1, 0.15) is 11.1 Å². The first-order valence-corrected chi connectivity index (χ1v) is 5.18. The van der Waals surface area contributed by atoms with E-state index in [1.165, 1.54) is 21.9 Å². The molecule has 1 aliphatic heterocycles. The van der Waals surface area contributed by atoms with Gasteiger partial charge >= 0.3 is 0 Å². The van der Waals surface area contributed by atoms with E-state index < -0.39 is 0 Å². The lowest BCUT2D eigenvalue weighted by Crippen LogP contribution is -2.18. The van der Waals surface area contributed by atoms with Crippen molar-refractivity contribution in [1.29, 1.82) is 0 Å². The summed E-state index contributed by atoms with van der Waals surface area (Å²) in [5, 5.41) is 6.08. The van der Waals surface area contributed by atoms with E-state index in [0.29, 0.717) is 0 Å². The van der Waals surface area contributed by atoms with E-state index in [1.54, 1.807) is 7.11 Å². The van der Waals surface area contributed by atoms with Crippen LogP contribution in [0.2, 0.25) is 0 Å². The molecule has 2 heteroatoms. The molecule has 2 nitrogen and oxygen atoms in total. The molecule has 0 aromatic heterocycles. The number of methoxy groups -OCH3 is 1. The van der Waals surface area contributed by atoms with Crippen molar-refractivity contribution in [1.82, 2.24) is 5.32 Å². The zero-order valence-corrected chi connectivity index (χ0v) is 8.71. The molecule has 1 N–H and O–H groups in total. The molecule has 2 aromatic carbocycles. The average molecular weight is 199 g/mol. The van der Waals surface area contributed by atoms with E-state index in [1.807, 2.05) is 0 Å². The van der Waals surface area contributed by atoms with Crippen LogP contribution in [0.4, 0.5) is 0 Å². The maximum Gasteiger partial charge on any atom is 0.119 e. The minimum atomic E-state index is 0.935. The Morgan fingerprint density at radius 2 is 2.00 bits per heavy atom. The molecule has 0 radical (unpaired) electrons. The van der Waals surface area contributed by atoms with Gasteiger partial charge in [-0.2, -0.15) is 0 Å². The summed E-state index contributed by atoms with van der Waals surface area (Å²) in [7, 11) is 1.72. The third-order valence-corrected chi connectivity index (χ3v) is 2.98. The van der Waals surface area contributed by atoms with Gasteiger partial charge in [-0.05, 0) is 34.0 Å². The zero-order chi connectivity index (χ0) is 10.3. The highest BCUT2D eigenvalue weighted by Gasteiger charge is 2.12. The first kappa shape index (κ1) is 8.74. The van der Waals surface area contributed by atoms with Gasteiger partial charge in [0.1, 0.15) is 5.75 Å². The quantitative estimate of drug-likeness (QED) is 0.761. The molecule has 0 saturated carbocycles. The van der Waals surface area contributed by atoms with Crippen LogP contribution in [0, 0.1) is 0 Å². The highest BCUT2D eigenvalue weighted by Crippen LogP contribution is 2.30. The second-order valence-corrected chi connectivity index (χ2v) is 3.91. The van der Waals surface area contributed by atoms with Gasteiger partial charge < -0.3 is 10.1 Å². The van der Waals surface area contributed by atoms with Crippen molar-refractivity contribution in [3.8, 4) is 5.75 Å². The fraction of sp³-hybridized carbons (Fsp3) is 0.231. The molecule has 15 heavy (non-hydrogen) atoms. The molecule has 2 aromatic rings. The third kappa shape index (κ3) is 1.29. The van der Waals surface area contributed by atoms with Gasteiger partial charge in [0.25, 0.3) is 0 Å². The fourth-order valence-corrected chi connectivity index (χ4v) is 2.31. The summed E-state index contributed by atoms with van der Waals surface area (Å²) in [6.07, 6.45) is 0. The van der Waals surface area contributed by atoms with Gasteiger partial charge in [-0.1, -0.05) is 18.2 Å². The predicted octanol–water partition coefficient (Wildman–Crippen LogP) is 2.45. The average Bonchev–Trinajstić information content (AvgIpc) is 2.29. The van der Waals surface area contributed by atoms with E-state index in [0.717, 1.165) is 18.8 Å². The number of hydrogen-bond donors (Lipinski definition) is 1. The van der Waals surface area contributed by atoms with Crippen molar-refractivity contribution >= 4 is 10.8 Å². The summed E-state index contributed by atoms with van der Waals surface area (Å²) < 4.78 is 5.30. The summed E-state index contributed by atoms with van der Waals surface area (Å²) in [5.41, 5.74) is 2.72. The largest absolute Gasteiger partial charge is 0.497 e. The first-order valence-electron chi connectivity index (χ1n) is 5.18. The molecule has 0 amide bonds. The Morgan fingerprint density at radius 3 is 2.87 bits per heavy atom. The highest BCUT2D eigenvalue weighted by atomic mass is 16.5. The van der Waals surface area contributed by atoms with Crippen LogP contribution >= 0.6 is 0 Å². The van der Waals surface area contributed by atoms with Crippen LogP contribution in [0.5, 0.6) is 5.75 Å². The molecular formula is C13H13NO. The summed E-state index contributed by atoms with van der Waals surface area (Å²) in [6, 6.07) is 10.7. The molecule has 0 saturated heterocycles. The molecule has 0 spiro atoms. The molecule has 0 bridgehead atoms. The number of hydrogen-bond acceptors (Lipinski definition) is 2. The Morgan fingerprint density at radius 1 is 1.13 bits per heavy atom. The number of rotatable bonds is 1. The van der Waals surface area contributed by atoms with Gasteiger partial charge in [-0.15, -0.1) is 0 Å². The Labute approximate surface area is 88.9 Å². The lowest BCUT2D eigenvalue weighted by molar-refractivity contribution is 0.414. The van der Waals surface area contributed by atoms with E-state index in [9.17, 15) is 0 Å². The van der Waals surface area contributed by atoms with Crippen LogP contribution in [0.25, 0.3) is 10.8 Å². The van der Waals surface area contributed by atoms with Gasteiger partial charge in [0, 0.05) is 13.1 Å². The minimum Gasteiger partial charge on any atom is -0.497 e. The molecule has 0 fully saturated rings. The predicted molar refractivity (Wildman–Crippen MR) is 61.0 cm³/mol. The van der Waals surface area contributed by atoms with Crippen LogP contribution in [0.3, 0.4) is 0 Å². The van der Waals surface area contributed by atoms with E-state index in [2.05, 4.69) is 35.6 Å². The topological polar surface area (TPSA) is 21.3 Å². The summed E-state index contributed by atoms with van der Waals surface area (Å²) >= 11 is 0. The minimum absolute atomic E-state index is 0.935. The Hall–Kier alpha value is -1.54. The number of ether oxygens (including phenoxy) is 1. The van der Waals surface area contributed by atoms with Gasteiger partial charge in [0.05, 0.1) is 7.11 Å².